The zero-order valence-corrected chi connectivity index (χ0v) is 12.7. The van der Waals surface area contributed by atoms with Gasteiger partial charge in [0.25, 0.3) is 0 Å². The van der Waals surface area contributed by atoms with Crippen LogP contribution in [0.1, 0.15) is 39.3 Å². The molecule has 2 unspecified atom stereocenters. The summed E-state index contributed by atoms with van der Waals surface area (Å²) in [7, 11) is 0. The van der Waals surface area contributed by atoms with E-state index in [9.17, 15) is 0 Å². The van der Waals surface area contributed by atoms with Gasteiger partial charge in [-0.3, -0.25) is 4.90 Å². The maximum Gasteiger partial charge on any atom is 0.0804 e. The summed E-state index contributed by atoms with van der Waals surface area (Å²) in [6.07, 6.45) is 0.0125. The first-order chi connectivity index (χ1) is 10.9. The van der Waals surface area contributed by atoms with E-state index in [2.05, 4.69) is 56.0 Å². The van der Waals surface area contributed by atoms with E-state index >= 15 is 0 Å². The fourth-order valence-corrected chi connectivity index (χ4v) is 3.93. The lowest BCUT2D eigenvalue weighted by molar-refractivity contribution is 0.218. The topological polar surface area (TPSA) is 6.48 Å². The van der Waals surface area contributed by atoms with Crippen LogP contribution < -0.4 is 4.90 Å². The smallest absolute Gasteiger partial charge is 0.0804 e. The van der Waals surface area contributed by atoms with Gasteiger partial charge in [-0.2, -0.15) is 0 Å². The molecule has 2 aliphatic rings. The zero-order chi connectivity index (χ0) is 16.4. The second-order valence-electron chi connectivity index (χ2n) is 6.12. The average molecular weight is 280 g/mol. The van der Waals surface area contributed by atoms with E-state index in [1.807, 2.05) is 23.1 Å². The SMILES string of the molecule is [2H]C1([2H])c2ccccc2C2[C@H](C)N(c3ccccc3C)C(C)N21. The minimum Gasteiger partial charge on any atom is -0.351 e. The van der Waals surface area contributed by atoms with Crippen LogP contribution in [0.15, 0.2) is 48.5 Å². The third kappa shape index (κ3) is 1.75. The van der Waals surface area contributed by atoms with Gasteiger partial charge in [0.15, 0.2) is 0 Å². The van der Waals surface area contributed by atoms with Crippen molar-refractivity contribution in [2.24, 2.45) is 0 Å². The maximum absolute atomic E-state index is 8.69. The van der Waals surface area contributed by atoms with Gasteiger partial charge in [-0.15, -0.1) is 0 Å². The summed E-state index contributed by atoms with van der Waals surface area (Å²) in [6.45, 7) is 5.03. The highest BCUT2D eigenvalue weighted by atomic mass is 15.5. The molecule has 2 nitrogen and oxygen atoms in total. The van der Waals surface area contributed by atoms with Crippen molar-refractivity contribution in [3.05, 3.63) is 65.2 Å². The summed E-state index contributed by atoms with van der Waals surface area (Å²) < 4.78 is 17.4. The van der Waals surface area contributed by atoms with Crippen LogP contribution in [0.3, 0.4) is 0 Å². The molecule has 2 aromatic carbocycles. The van der Waals surface area contributed by atoms with Crippen molar-refractivity contribution in [3.8, 4) is 0 Å². The van der Waals surface area contributed by atoms with E-state index in [0.717, 1.165) is 11.1 Å². The molecule has 3 atom stereocenters. The Morgan fingerprint density at radius 1 is 1.05 bits per heavy atom. The van der Waals surface area contributed by atoms with Crippen molar-refractivity contribution >= 4 is 5.69 Å². The van der Waals surface area contributed by atoms with Gasteiger partial charge in [0.05, 0.1) is 12.2 Å². The largest absolute Gasteiger partial charge is 0.351 e. The molecular formula is C19H22N2. The monoisotopic (exact) mass is 280 g/mol. The molecule has 2 heterocycles. The van der Waals surface area contributed by atoms with Crippen LogP contribution in [-0.2, 0) is 6.50 Å². The molecule has 2 aliphatic heterocycles. The first-order valence-electron chi connectivity index (χ1n) is 8.66. The average Bonchev–Trinajstić information content (AvgIpc) is 2.93. The lowest BCUT2D eigenvalue weighted by atomic mass is 9.99. The van der Waals surface area contributed by atoms with Crippen LogP contribution in [0.2, 0.25) is 0 Å². The molecule has 21 heavy (non-hydrogen) atoms. The van der Waals surface area contributed by atoms with Gasteiger partial charge in [0.1, 0.15) is 0 Å². The zero-order valence-electron chi connectivity index (χ0n) is 14.7. The first-order valence-corrected chi connectivity index (χ1v) is 7.66. The van der Waals surface area contributed by atoms with Crippen LogP contribution in [0.5, 0.6) is 0 Å². The molecule has 1 fully saturated rings. The molecule has 0 bridgehead atoms. The summed E-state index contributed by atoms with van der Waals surface area (Å²) in [4.78, 5) is 4.41. The predicted octanol–water partition coefficient (Wildman–Crippen LogP) is 4.11. The van der Waals surface area contributed by atoms with Crippen LogP contribution in [0.4, 0.5) is 5.69 Å². The lowest BCUT2D eigenvalue weighted by Gasteiger charge is -2.31. The molecule has 4 rings (SSSR count). The van der Waals surface area contributed by atoms with E-state index in [1.54, 1.807) is 0 Å². The number of rotatable bonds is 1. The molecule has 0 spiro atoms. The Labute approximate surface area is 129 Å². The molecule has 2 aromatic rings. The molecule has 0 amide bonds. The Morgan fingerprint density at radius 3 is 2.57 bits per heavy atom. The number of fused-ring (bicyclic) bond motifs is 3. The van der Waals surface area contributed by atoms with E-state index < -0.39 is 6.50 Å². The van der Waals surface area contributed by atoms with E-state index in [1.165, 1.54) is 11.3 Å². The number of hydrogen-bond donors (Lipinski definition) is 0. The third-order valence-corrected chi connectivity index (χ3v) is 4.92. The Morgan fingerprint density at radius 2 is 1.76 bits per heavy atom. The van der Waals surface area contributed by atoms with E-state index in [4.69, 9.17) is 2.74 Å². The lowest BCUT2D eigenvalue weighted by Crippen LogP contribution is -2.37. The van der Waals surface area contributed by atoms with Crippen molar-refractivity contribution in [1.82, 2.24) is 4.90 Å². The molecule has 0 aliphatic carbocycles. The number of aryl methyl sites for hydroxylation is 1. The van der Waals surface area contributed by atoms with Crippen LogP contribution in [-0.4, -0.2) is 17.1 Å². The number of nitrogens with zero attached hydrogens (tertiary/aromatic N) is 2. The summed E-state index contributed by atoms with van der Waals surface area (Å²) in [6, 6.07) is 16.7. The molecule has 0 aromatic heterocycles. The van der Waals surface area contributed by atoms with Gasteiger partial charge >= 0.3 is 0 Å². The molecule has 0 saturated carbocycles. The van der Waals surface area contributed by atoms with Gasteiger partial charge in [-0.1, -0.05) is 42.5 Å². The highest BCUT2D eigenvalue weighted by Gasteiger charge is 2.47. The highest BCUT2D eigenvalue weighted by Crippen LogP contribution is 2.47. The fraction of sp³-hybridized carbons (Fsp3) is 0.368. The second kappa shape index (κ2) is 4.60. The van der Waals surface area contributed by atoms with Crippen molar-refractivity contribution in [2.75, 3.05) is 4.90 Å². The van der Waals surface area contributed by atoms with Crippen molar-refractivity contribution in [2.45, 2.75) is 45.5 Å². The first kappa shape index (κ1) is 10.9. The normalized spacial score (nSPS) is 31.6. The molecule has 1 saturated heterocycles. The predicted molar refractivity (Wildman–Crippen MR) is 87.3 cm³/mol. The molecular weight excluding hydrogens is 256 g/mol. The van der Waals surface area contributed by atoms with Crippen molar-refractivity contribution in [3.63, 3.8) is 0 Å². The van der Waals surface area contributed by atoms with Gasteiger partial charge in [0.2, 0.25) is 0 Å². The van der Waals surface area contributed by atoms with Crippen molar-refractivity contribution in [1.29, 1.82) is 0 Å². The van der Waals surface area contributed by atoms with Crippen LogP contribution in [0, 0.1) is 6.92 Å². The molecule has 108 valence electrons. The standard InChI is InChI=1S/C19H22N2/c1-13-8-4-7-11-18(13)21-14(2)19-17-10-6-5-9-16(17)12-20(19)15(21)3/h4-11,14-15,19H,12H2,1-3H3/t14-,15?,19?/m0/s1/i12D2. The maximum atomic E-state index is 8.69. The van der Waals surface area contributed by atoms with Gasteiger partial charge < -0.3 is 4.90 Å². The van der Waals surface area contributed by atoms with Gasteiger partial charge in [-0.05, 0) is 43.5 Å². The minimum atomic E-state index is -1.42. The number of hydrogen-bond acceptors (Lipinski definition) is 2. The Hall–Kier alpha value is -1.80. The second-order valence-corrected chi connectivity index (χ2v) is 6.12. The summed E-state index contributed by atoms with van der Waals surface area (Å²) in [5, 5.41) is 0. The summed E-state index contributed by atoms with van der Waals surface area (Å²) >= 11 is 0. The van der Waals surface area contributed by atoms with E-state index in [0.29, 0.717) is 0 Å². The van der Waals surface area contributed by atoms with Gasteiger partial charge in [0, 0.05) is 21.0 Å². The number of anilines is 1. The quantitative estimate of drug-likeness (QED) is 0.776. The minimum absolute atomic E-state index is 0.0125. The molecule has 0 radical (unpaired) electrons. The van der Waals surface area contributed by atoms with Gasteiger partial charge in [-0.25, -0.2) is 0 Å². The molecule has 2 heteroatoms. The number of benzene rings is 2. The molecule has 0 N–H and O–H groups in total. The third-order valence-electron chi connectivity index (χ3n) is 4.92. The Kier molecular flexibility index (Phi) is 2.38. The number of para-hydroxylation sites is 1. The summed E-state index contributed by atoms with van der Waals surface area (Å²) in [5.41, 5.74) is 4.40. The Balaban J connectivity index is 1.85. The van der Waals surface area contributed by atoms with Crippen molar-refractivity contribution < 1.29 is 2.74 Å². The van der Waals surface area contributed by atoms with Crippen LogP contribution in [0.25, 0.3) is 0 Å². The fourth-order valence-electron chi connectivity index (χ4n) is 3.93. The Bertz CT molecular complexity index is 759. The summed E-state index contributed by atoms with van der Waals surface area (Å²) in [5.74, 6) is 0. The van der Waals surface area contributed by atoms with Crippen LogP contribution >= 0.6 is 0 Å². The highest BCUT2D eigenvalue weighted by molar-refractivity contribution is 5.57. The van der Waals surface area contributed by atoms with E-state index in [-0.39, 0.29) is 18.2 Å².